The molecule has 0 saturated carbocycles. The van der Waals surface area contributed by atoms with E-state index in [0.717, 1.165) is 25.9 Å². The summed E-state index contributed by atoms with van der Waals surface area (Å²) in [6, 6.07) is 8.50. The van der Waals surface area contributed by atoms with Crippen molar-refractivity contribution in [3.8, 4) is 0 Å². The van der Waals surface area contributed by atoms with Gasteiger partial charge < -0.3 is 14.4 Å². The molecule has 6 nitrogen and oxygen atoms in total. The first-order valence-corrected chi connectivity index (χ1v) is 11.4. The summed E-state index contributed by atoms with van der Waals surface area (Å²) in [7, 11) is 5.14. The van der Waals surface area contributed by atoms with E-state index in [1.54, 1.807) is 17.4 Å². The van der Waals surface area contributed by atoms with Crippen LogP contribution in [0.3, 0.4) is 0 Å². The van der Waals surface area contributed by atoms with E-state index in [2.05, 4.69) is 46.9 Å². The SMILES string of the molecule is COC1=C(OC)C2C(=O)NC(=O)C2(CCCN(C)CCc2csc3ccccc23)C=C1. The summed E-state index contributed by atoms with van der Waals surface area (Å²) in [5.74, 6) is -0.333. The first-order valence-electron chi connectivity index (χ1n) is 10.5. The van der Waals surface area contributed by atoms with Gasteiger partial charge in [-0.25, -0.2) is 0 Å². The van der Waals surface area contributed by atoms with Gasteiger partial charge in [-0.15, -0.1) is 11.3 Å². The van der Waals surface area contributed by atoms with Crippen LogP contribution in [0.5, 0.6) is 0 Å². The van der Waals surface area contributed by atoms with Gasteiger partial charge in [-0.1, -0.05) is 24.3 Å². The van der Waals surface area contributed by atoms with Gasteiger partial charge in [0.15, 0.2) is 11.5 Å². The molecule has 1 aromatic carbocycles. The van der Waals surface area contributed by atoms with Gasteiger partial charge in [-0.05, 0) is 61.3 Å². The molecule has 0 radical (unpaired) electrons. The second-order valence-electron chi connectivity index (χ2n) is 8.18. The number of carbonyl (C=O) groups is 2. The molecule has 4 rings (SSSR count). The minimum absolute atomic E-state index is 0.254. The summed E-state index contributed by atoms with van der Waals surface area (Å²) in [5.41, 5.74) is 0.471. The second-order valence-corrected chi connectivity index (χ2v) is 9.09. The Bertz CT molecular complexity index is 1060. The molecule has 164 valence electrons. The number of rotatable bonds is 9. The Morgan fingerprint density at radius 2 is 1.97 bits per heavy atom. The van der Waals surface area contributed by atoms with E-state index in [9.17, 15) is 9.59 Å². The number of nitrogens with zero attached hydrogens (tertiary/aromatic N) is 1. The van der Waals surface area contributed by atoms with E-state index in [1.165, 1.54) is 29.9 Å². The molecular formula is C24H28N2O4S. The lowest BCUT2D eigenvalue weighted by atomic mass is 9.70. The zero-order chi connectivity index (χ0) is 22.0. The van der Waals surface area contributed by atoms with Gasteiger partial charge in [0.25, 0.3) is 0 Å². The van der Waals surface area contributed by atoms with Crippen LogP contribution < -0.4 is 5.32 Å². The monoisotopic (exact) mass is 440 g/mol. The number of hydrogen-bond acceptors (Lipinski definition) is 6. The number of amides is 2. The molecule has 0 spiro atoms. The maximum atomic E-state index is 12.8. The van der Waals surface area contributed by atoms with Gasteiger partial charge in [0.1, 0.15) is 5.92 Å². The van der Waals surface area contributed by atoms with E-state index in [-0.39, 0.29) is 11.8 Å². The summed E-state index contributed by atoms with van der Waals surface area (Å²) >= 11 is 1.79. The van der Waals surface area contributed by atoms with Gasteiger partial charge in [0.2, 0.25) is 11.8 Å². The third kappa shape index (κ3) is 3.88. The quantitative estimate of drug-likeness (QED) is 0.605. The van der Waals surface area contributed by atoms with Crippen LogP contribution >= 0.6 is 11.3 Å². The number of allylic oxidation sites excluding steroid dienone is 1. The second kappa shape index (κ2) is 8.85. The fraction of sp³-hybridized carbons (Fsp3) is 0.417. The molecule has 2 atom stereocenters. The van der Waals surface area contributed by atoms with Crippen LogP contribution in [0, 0.1) is 11.3 Å². The molecule has 2 aromatic rings. The van der Waals surface area contributed by atoms with E-state index in [1.807, 2.05) is 6.08 Å². The maximum Gasteiger partial charge on any atom is 0.238 e. The normalized spacial score (nSPS) is 22.9. The Morgan fingerprint density at radius 3 is 2.74 bits per heavy atom. The van der Waals surface area contributed by atoms with Crippen molar-refractivity contribution in [3.05, 3.63) is 58.9 Å². The predicted molar refractivity (Wildman–Crippen MR) is 122 cm³/mol. The zero-order valence-electron chi connectivity index (χ0n) is 18.1. The number of ether oxygens (including phenoxy) is 2. The number of fused-ring (bicyclic) bond motifs is 2. The lowest BCUT2D eigenvalue weighted by Crippen LogP contribution is -2.37. The molecule has 31 heavy (non-hydrogen) atoms. The molecule has 7 heteroatoms. The molecule has 0 bridgehead atoms. The highest BCUT2D eigenvalue weighted by Crippen LogP contribution is 2.47. The fourth-order valence-electron chi connectivity index (χ4n) is 4.66. The smallest absolute Gasteiger partial charge is 0.238 e. The Labute approximate surface area is 186 Å². The standard InChI is InChI=1S/C24H28N2O4S/c1-26(14-10-16-15-31-19-8-5-4-7-17(16)19)13-6-11-24-12-9-18(29-2)21(30-3)20(24)22(27)25-23(24)28/h4-5,7-9,12,15,20H,6,10-11,13-14H2,1-3H3,(H,25,27,28). The highest BCUT2D eigenvalue weighted by Gasteiger charge is 2.57. The summed E-state index contributed by atoms with van der Waals surface area (Å²) in [6.07, 6.45) is 5.92. The third-order valence-electron chi connectivity index (χ3n) is 6.37. The Kier molecular flexibility index (Phi) is 6.16. The molecule has 1 saturated heterocycles. The zero-order valence-corrected chi connectivity index (χ0v) is 19.0. The van der Waals surface area contributed by atoms with Crippen molar-refractivity contribution >= 4 is 33.2 Å². The molecular weight excluding hydrogens is 412 g/mol. The van der Waals surface area contributed by atoms with E-state index >= 15 is 0 Å². The number of nitrogens with one attached hydrogen (secondary N) is 1. The molecule has 2 unspecified atom stereocenters. The minimum Gasteiger partial charge on any atom is -0.496 e. The van der Waals surface area contributed by atoms with Crippen molar-refractivity contribution in [2.75, 3.05) is 34.4 Å². The average molecular weight is 441 g/mol. The summed E-state index contributed by atoms with van der Waals surface area (Å²) in [5, 5.41) is 6.08. The van der Waals surface area contributed by atoms with Gasteiger partial charge in [-0.2, -0.15) is 0 Å². The van der Waals surface area contributed by atoms with Crippen LogP contribution in [0.4, 0.5) is 0 Å². The molecule has 1 fully saturated rings. The van der Waals surface area contributed by atoms with Crippen molar-refractivity contribution in [1.29, 1.82) is 0 Å². The van der Waals surface area contributed by atoms with Crippen molar-refractivity contribution in [2.45, 2.75) is 19.3 Å². The van der Waals surface area contributed by atoms with E-state index < -0.39 is 11.3 Å². The number of thiophene rings is 1. The highest BCUT2D eigenvalue weighted by molar-refractivity contribution is 7.17. The molecule has 2 heterocycles. The largest absolute Gasteiger partial charge is 0.496 e. The Hall–Kier alpha value is -2.64. The van der Waals surface area contributed by atoms with Crippen LogP contribution in [-0.4, -0.2) is 51.1 Å². The molecule has 1 aliphatic carbocycles. The number of benzene rings is 1. The minimum atomic E-state index is -0.908. The van der Waals surface area contributed by atoms with Crippen molar-refractivity contribution in [1.82, 2.24) is 10.2 Å². The van der Waals surface area contributed by atoms with Gasteiger partial charge >= 0.3 is 0 Å². The van der Waals surface area contributed by atoms with Gasteiger partial charge in [0.05, 0.1) is 19.6 Å². The fourth-order valence-corrected chi connectivity index (χ4v) is 5.66. The lowest BCUT2D eigenvalue weighted by Gasteiger charge is -2.33. The maximum absolute atomic E-state index is 12.8. The van der Waals surface area contributed by atoms with E-state index in [0.29, 0.717) is 17.9 Å². The highest BCUT2D eigenvalue weighted by atomic mass is 32.1. The molecule has 1 aliphatic heterocycles. The van der Waals surface area contributed by atoms with Crippen molar-refractivity contribution in [2.24, 2.45) is 11.3 Å². The Balaban J connectivity index is 1.38. The lowest BCUT2D eigenvalue weighted by molar-refractivity contribution is -0.127. The number of carbonyl (C=O) groups excluding carboxylic acids is 2. The summed E-state index contributed by atoms with van der Waals surface area (Å²) in [6.45, 7) is 1.78. The molecule has 2 amide bonds. The summed E-state index contributed by atoms with van der Waals surface area (Å²) < 4.78 is 12.1. The van der Waals surface area contributed by atoms with Gasteiger partial charge in [-0.3, -0.25) is 14.9 Å². The Morgan fingerprint density at radius 1 is 1.16 bits per heavy atom. The number of methoxy groups -OCH3 is 2. The van der Waals surface area contributed by atoms with Crippen molar-refractivity contribution < 1.29 is 19.1 Å². The van der Waals surface area contributed by atoms with Crippen LogP contribution in [0.15, 0.2) is 53.3 Å². The first kappa shape index (κ1) is 21.6. The van der Waals surface area contributed by atoms with E-state index in [4.69, 9.17) is 9.47 Å². The van der Waals surface area contributed by atoms with Crippen LogP contribution in [0.2, 0.25) is 0 Å². The van der Waals surface area contributed by atoms with Crippen LogP contribution in [-0.2, 0) is 25.5 Å². The molecule has 1 N–H and O–H groups in total. The molecule has 1 aromatic heterocycles. The number of hydrogen-bond donors (Lipinski definition) is 1. The molecule has 2 aliphatic rings. The topological polar surface area (TPSA) is 67.9 Å². The first-order chi connectivity index (χ1) is 15.0. The third-order valence-corrected chi connectivity index (χ3v) is 7.38. The summed E-state index contributed by atoms with van der Waals surface area (Å²) in [4.78, 5) is 27.6. The van der Waals surface area contributed by atoms with Crippen molar-refractivity contribution in [3.63, 3.8) is 0 Å². The average Bonchev–Trinajstić information content (AvgIpc) is 3.30. The van der Waals surface area contributed by atoms with Crippen LogP contribution in [0.25, 0.3) is 10.1 Å². The predicted octanol–water partition coefficient (Wildman–Crippen LogP) is 3.49. The number of imide groups is 1. The number of likely N-dealkylation sites (N-methyl/N-ethyl adjacent to an activating group) is 1. The van der Waals surface area contributed by atoms with Crippen LogP contribution in [0.1, 0.15) is 18.4 Å². The van der Waals surface area contributed by atoms with Gasteiger partial charge in [0, 0.05) is 11.2 Å².